The average molecular weight is 306 g/mol. The molecule has 0 aliphatic carbocycles. The number of methoxy groups -OCH3 is 1. The molecule has 1 heterocycles. The molecule has 1 saturated heterocycles. The van der Waals surface area contributed by atoms with Gasteiger partial charge in [-0.1, -0.05) is 13.8 Å². The van der Waals surface area contributed by atoms with E-state index in [1.807, 2.05) is 13.8 Å². The minimum atomic E-state index is -3.46. The van der Waals surface area contributed by atoms with Gasteiger partial charge in [-0.25, -0.2) is 0 Å². The van der Waals surface area contributed by atoms with Gasteiger partial charge in [0.2, 0.25) is 0 Å². The van der Waals surface area contributed by atoms with Gasteiger partial charge in [-0.15, -0.1) is 0 Å². The summed E-state index contributed by atoms with van der Waals surface area (Å²) in [6.45, 7) is 5.70. The van der Waals surface area contributed by atoms with Gasteiger partial charge in [-0.3, -0.25) is 4.79 Å². The van der Waals surface area contributed by atoms with Crippen LogP contribution in [0.2, 0.25) is 0 Å². The van der Waals surface area contributed by atoms with Gasteiger partial charge in [-0.2, -0.15) is 17.0 Å². The van der Waals surface area contributed by atoms with E-state index in [2.05, 4.69) is 0 Å². The molecule has 1 aliphatic rings. The molecule has 0 spiro atoms. The minimum Gasteiger partial charge on any atom is -0.469 e. The zero-order valence-corrected chi connectivity index (χ0v) is 13.5. The molecule has 118 valence electrons. The molecule has 20 heavy (non-hydrogen) atoms. The number of carbonyl (C=O) groups is 1. The second-order valence-electron chi connectivity index (χ2n) is 5.13. The molecular formula is C13H26N2O4S. The van der Waals surface area contributed by atoms with Crippen LogP contribution in [-0.2, 0) is 19.7 Å². The van der Waals surface area contributed by atoms with E-state index >= 15 is 0 Å². The van der Waals surface area contributed by atoms with Crippen molar-refractivity contribution in [2.45, 2.75) is 39.5 Å². The zero-order valence-electron chi connectivity index (χ0n) is 12.7. The van der Waals surface area contributed by atoms with Gasteiger partial charge in [0.05, 0.1) is 13.0 Å². The van der Waals surface area contributed by atoms with Crippen molar-refractivity contribution >= 4 is 16.2 Å². The molecule has 1 unspecified atom stereocenters. The van der Waals surface area contributed by atoms with Gasteiger partial charge < -0.3 is 4.74 Å². The minimum absolute atomic E-state index is 0.235. The van der Waals surface area contributed by atoms with Gasteiger partial charge in [0.15, 0.2) is 0 Å². The molecule has 0 saturated carbocycles. The number of carbonyl (C=O) groups excluding carboxylic acids is 1. The predicted molar refractivity (Wildman–Crippen MR) is 77.4 cm³/mol. The molecule has 1 fully saturated rings. The Morgan fingerprint density at radius 3 is 2.40 bits per heavy atom. The molecule has 6 nitrogen and oxygen atoms in total. The Morgan fingerprint density at radius 1 is 1.30 bits per heavy atom. The van der Waals surface area contributed by atoms with Crippen molar-refractivity contribution in [1.29, 1.82) is 0 Å². The Kier molecular flexibility index (Phi) is 6.91. The van der Waals surface area contributed by atoms with Crippen molar-refractivity contribution in [2.75, 3.05) is 33.3 Å². The van der Waals surface area contributed by atoms with Crippen LogP contribution in [-0.4, -0.2) is 56.3 Å². The number of esters is 1. The fourth-order valence-corrected chi connectivity index (χ4v) is 4.40. The van der Waals surface area contributed by atoms with Crippen LogP contribution in [0.4, 0.5) is 0 Å². The summed E-state index contributed by atoms with van der Waals surface area (Å²) >= 11 is 0. The third kappa shape index (κ3) is 4.17. The molecular weight excluding hydrogens is 280 g/mol. The van der Waals surface area contributed by atoms with Gasteiger partial charge >= 0.3 is 5.97 Å². The monoisotopic (exact) mass is 306 g/mol. The first-order valence-corrected chi connectivity index (χ1v) is 8.70. The van der Waals surface area contributed by atoms with Gasteiger partial charge in [0.25, 0.3) is 10.2 Å². The van der Waals surface area contributed by atoms with E-state index < -0.39 is 10.2 Å². The van der Waals surface area contributed by atoms with Crippen LogP contribution in [0.5, 0.6) is 0 Å². The van der Waals surface area contributed by atoms with Crippen LogP contribution in [0, 0.1) is 5.92 Å². The summed E-state index contributed by atoms with van der Waals surface area (Å²) in [7, 11) is -2.12. The normalized spacial score (nSPS) is 21.1. The number of hydrogen-bond donors (Lipinski definition) is 0. The van der Waals surface area contributed by atoms with Crippen molar-refractivity contribution in [3.8, 4) is 0 Å². The van der Waals surface area contributed by atoms with E-state index in [1.54, 1.807) is 0 Å². The van der Waals surface area contributed by atoms with Crippen LogP contribution in [0.1, 0.15) is 39.5 Å². The first kappa shape index (κ1) is 17.4. The van der Waals surface area contributed by atoms with Crippen LogP contribution in [0.25, 0.3) is 0 Å². The smallest absolute Gasteiger partial charge is 0.309 e. The maximum Gasteiger partial charge on any atom is 0.309 e. The summed E-state index contributed by atoms with van der Waals surface area (Å²) in [5, 5.41) is 0. The quantitative estimate of drug-likeness (QED) is 0.664. The Bertz CT molecular complexity index is 405. The van der Waals surface area contributed by atoms with Gasteiger partial charge in [-0.05, 0) is 25.7 Å². The van der Waals surface area contributed by atoms with E-state index in [0.29, 0.717) is 32.5 Å². The lowest BCUT2D eigenvalue weighted by Gasteiger charge is -2.34. The fraction of sp³-hybridized carbons (Fsp3) is 0.923. The molecule has 0 aromatic rings. The number of hydrogen-bond acceptors (Lipinski definition) is 4. The highest BCUT2D eigenvalue weighted by atomic mass is 32.2. The second kappa shape index (κ2) is 7.95. The van der Waals surface area contributed by atoms with Crippen molar-refractivity contribution in [2.24, 2.45) is 5.92 Å². The molecule has 1 rings (SSSR count). The Labute approximate surface area is 122 Å². The summed E-state index contributed by atoms with van der Waals surface area (Å²) < 4.78 is 32.9. The lowest BCUT2D eigenvalue weighted by Crippen LogP contribution is -2.49. The third-order valence-corrected chi connectivity index (χ3v) is 5.52. The number of nitrogens with zero attached hydrogens (tertiary/aromatic N) is 2. The third-order valence-electron chi connectivity index (χ3n) is 3.52. The molecule has 0 amide bonds. The molecule has 7 heteroatoms. The Balaban J connectivity index is 2.81. The van der Waals surface area contributed by atoms with Crippen LogP contribution < -0.4 is 0 Å². The highest BCUT2D eigenvalue weighted by molar-refractivity contribution is 7.86. The molecule has 1 aliphatic heterocycles. The van der Waals surface area contributed by atoms with Gasteiger partial charge in [0.1, 0.15) is 0 Å². The molecule has 1 atom stereocenters. The Hall–Kier alpha value is -0.660. The SMILES string of the molecule is CCCN(CCC)S(=O)(=O)N1CCCC(C(=O)OC)C1. The molecule has 0 bridgehead atoms. The standard InChI is InChI=1S/C13H26N2O4S/c1-4-8-14(9-5-2)20(17,18)15-10-6-7-12(11-15)13(16)19-3/h12H,4-11H2,1-3H3. The lowest BCUT2D eigenvalue weighted by atomic mass is 10.0. The van der Waals surface area contributed by atoms with E-state index in [-0.39, 0.29) is 18.4 Å². The lowest BCUT2D eigenvalue weighted by molar-refractivity contribution is -0.146. The van der Waals surface area contributed by atoms with Crippen LogP contribution in [0.15, 0.2) is 0 Å². The number of piperidine rings is 1. The van der Waals surface area contributed by atoms with E-state index in [4.69, 9.17) is 4.74 Å². The molecule has 0 aromatic carbocycles. The number of ether oxygens (including phenoxy) is 1. The fourth-order valence-electron chi connectivity index (χ4n) is 2.52. The highest BCUT2D eigenvalue weighted by Gasteiger charge is 2.35. The topological polar surface area (TPSA) is 66.9 Å². The van der Waals surface area contributed by atoms with Crippen molar-refractivity contribution < 1.29 is 17.9 Å². The van der Waals surface area contributed by atoms with Crippen molar-refractivity contribution in [1.82, 2.24) is 8.61 Å². The predicted octanol–water partition coefficient (Wildman–Crippen LogP) is 1.24. The van der Waals surface area contributed by atoms with E-state index in [9.17, 15) is 13.2 Å². The maximum absolute atomic E-state index is 12.6. The van der Waals surface area contributed by atoms with Crippen LogP contribution in [0.3, 0.4) is 0 Å². The first-order chi connectivity index (χ1) is 9.47. The summed E-state index contributed by atoms with van der Waals surface area (Å²) in [6.07, 6.45) is 2.96. The van der Waals surface area contributed by atoms with Crippen molar-refractivity contribution in [3.63, 3.8) is 0 Å². The van der Waals surface area contributed by atoms with Gasteiger partial charge in [0, 0.05) is 26.2 Å². The highest BCUT2D eigenvalue weighted by Crippen LogP contribution is 2.22. The van der Waals surface area contributed by atoms with Crippen molar-refractivity contribution in [3.05, 3.63) is 0 Å². The summed E-state index contributed by atoms with van der Waals surface area (Å²) in [5.41, 5.74) is 0. The number of rotatable bonds is 7. The largest absolute Gasteiger partial charge is 0.469 e. The van der Waals surface area contributed by atoms with E-state index in [0.717, 1.165) is 12.8 Å². The molecule has 0 radical (unpaired) electrons. The molecule has 0 aromatic heterocycles. The second-order valence-corrected chi connectivity index (χ2v) is 7.06. The Morgan fingerprint density at radius 2 is 1.90 bits per heavy atom. The first-order valence-electron chi connectivity index (χ1n) is 7.30. The average Bonchev–Trinajstić information content (AvgIpc) is 2.46. The zero-order chi connectivity index (χ0) is 15.2. The summed E-state index contributed by atoms with van der Waals surface area (Å²) in [6, 6.07) is 0. The molecule has 0 N–H and O–H groups in total. The summed E-state index contributed by atoms with van der Waals surface area (Å²) in [5.74, 6) is -0.656. The summed E-state index contributed by atoms with van der Waals surface area (Å²) in [4.78, 5) is 11.6. The van der Waals surface area contributed by atoms with Crippen LogP contribution >= 0.6 is 0 Å². The maximum atomic E-state index is 12.6. The van der Waals surface area contributed by atoms with E-state index in [1.165, 1.54) is 15.7 Å².